The molecule has 0 saturated carbocycles. The van der Waals surface area contributed by atoms with Gasteiger partial charge in [0.05, 0.1) is 17.6 Å². The fourth-order valence-corrected chi connectivity index (χ4v) is 4.02. The molecule has 10 heteroatoms. The molecule has 2 amide bonds. The predicted molar refractivity (Wildman–Crippen MR) is 141 cm³/mol. The van der Waals surface area contributed by atoms with Crippen LogP contribution in [0.4, 0.5) is 4.79 Å². The summed E-state index contributed by atoms with van der Waals surface area (Å²) in [5, 5.41) is 10.8. The van der Waals surface area contributed by atoms with E-state index >= 15 is 0 Å². The zero-order chi connectivity index (χ0) is 28.2. The number of carboxylic acids is 1. The number of nitrogens with zero attached hydrogens (tertiary/aromatic N) is 2. The standard InChI is InChI=1S/C27H40N4O6/c1-15(2)12-19(28)23(32)31(24(33)22(29)16(3)4)21(25(34)35)13-17-14-30(26(36)37-27(5,6)7)20-11-9-8-10-18(17)20/h8-11,14-16,19,21-22H,12-13,28-29H2,1-7H3,(H,34,35). The molecule has 0 aliphatic heterocycles. The van der Waals surface area contributed by atoms with E-state index in [1.807, 2.05) is 13.8 Å². The molecule has 3 atom stereocenters. The lowest BCUT2D eigenvalue weighted by molar-refractivity contribution is -0.159. The number of fused-ring (bicyclic) bond motifs is 1. The minimum Gasteiger partial charge on any atom is -0.480 e. The Kier molecular flexibility index (Phi) is 9.62. The highest BCUT2D eigenvalue weighted by Crippen LogP contribution is 2.26. The van der Waals surface area contributed by atoms with E-state index in [2.05, 4.69) is 0 Å². The molecule has 0 saturated heterocycles. The molecule has 5 N–H and O–H groups in total. The molecule has 3 unspecified atom stereocenters. The smallest absolute Gasteiger partial charge is 0.419 e. The van der Waals surface area contributed by atoms with E-state index in [4.69, 9.17) is 16.2 Å². The molecule has 0 bridgehead atoms. The minimum atomic E-state index is -1.58. The average molecular weight is 517 g/mol. The molecule has 2 rings (SSSR count). The predicted octanol–water partition coefficient (Wildman–Crippen LogP) is 3.13. The van der Waals surface area contributed by atoms with Crippen LogP contribution in [0.1, 0.15) is 60.5 Å². The molecule has 37 heavy (non-hydrogen) atoms. The van der Waals surface area contributed by atoms with Gasteiger partial charge in [0.2, 0.25) is 11.8 Å². The molecule has 1 aromatic heterocycles. The zero-order valence-electron chi connectivity index (χ0n) is 22.7. The van der Waals surface area contributed by atoms with Gasteiger partial charge < -0.3 is 21.3 Å². The maximum absolute atomic E-state index is 13.4. The number of hydrogen-bond donors (Lipinski definition) is 3. The van der Waals surface area contributed by atoms with Gasteiger partial charge >= 0.3 is 12.1 Å². The van der Waals surface area contributed by atoms with Crippen LogP contribution in [0.3, 0.4) is 0 Å². The number of amides is 2. The highest BCUT2D eigenvalue weighted by atomic mass is 16.6. The molecule has 10 nitrogen and oxygen atoms in total. The Morgan fingerprint density at radius 1 is 1.03 bits per heavy atom. The van der Waals surface area contributed by atoms with Crippen LogP contribution in [-0.4, -0.2) is 62.2 Å². The van der Waals surface area contributed by atoms with Crippen molar-refractivity contribution < 1.29 is 29.0 Å². The molecular formula is C27H40N4O6. The average Bonchev–Trinajstić information content (AvgIpc) is 3.14. The Hall–Kier alpha value is -3.24. The number of para-hydroxylation sites is 1. The third-order valence-electron chi connectivity index (χ3n) is 5.92. The van der Waals surface area contributed by atoms with E-state index in [1.165, 1.54) is 10.8 Å². The van der Waals surface area contributed by atoms with Crippen molar-refractivity contribution in [1.29, 1.82) is 0 Å². The van der Waals surface area contributed by atoms with Gasteiger partial charge in [0, 0.05) is 18.0 Å². The van der Waals surface area contributed by atoms with Crippen molar-refractivity contribution >= 4 is 34.8 Å². The van der Waals surface area contributed by atoms with Crippen LogP contribution in [-0.2, 0) is 25.5 Å². The van der Waals surface area contributed by atoms with Gasteiger partial charge in [0.15, 0.2) is 0 Å². The maximum atomic E-state index is 13.4. The van der Waals surface area contributed by atoms with Crippen LogP contribution in [0.25, 0.3) is 10.9 Å². The van der Waals surface area contributed by atoms with E-state index in [9.17, 15) is 24.3 Å². The molecule has 2 aromatic rings. The van der Waals surface area contributed by atoms with E-state index in [0.717, 1.165) is 0 Å². The van der Waals surface area contributed by atoms with Gasteiger partial charge in [-0.25, -0.2) is 9.59 Å². The number of imide groups is 1. The van der Waals surface area contributed by atoms with E-state index in [-0.39, 0.29) is 24.7 Å². The van der Waals surface area contributed by atoms with Gasteiger partial charge in [0.1, 0.15) is 11.6 Å². The summed E-state index contributed by atoms with van der Waals surface area (Å²) in [4.78, 5) is 52.9. The normalized spacial score (nSPS) is 14.5. The first kappa shape index (κ1) is 30.0. The van der Waals surface area contributed by atoms with Crippen LogP contribution < -0.4 is 11.5 Å². The van der Waals surface area contributed by atoms with Gasteiger partial charge in [-0.05, 0) is 50.7 Å². The Balaban J connectivity index is 2.60. The summed E-state index contributed by atoms with van der Waals surface area (Å²) in [6.45, 7) is 12.4. The number of rotatable bonds is 9. The lowest BCUT2D eigenvalue weighted by Crippen LogP contribution is -2.59. The second-order valence-electron chi connectivity index (χ2n) is 11.1. The summed E-state index contributed by atoms with van der Waals surface area (Å²) in [5.74, 6) is -3.28. The number of carbonyl (C=O) groups excluding carboxylic acids is 3. The number of hydrogen-bond acceptors (Lipinski definition) is 7. The molecule has 0 spiro atoms. The number of carbonyl (C=O) groups is 4. The van der Waals surface area contributed by atoms with Crippen LogP contribution in [0.2, 0.25) is 0 Å². The summed E-state index contributed by atoms with van der Waals surface area (Å²) < 4.78 is 6.80. The summed E-state index contributed by atoms with van der Waals surface area (Å²) in [5.41, 5.74) is 12.4. The van der Waals surface area contributed by atoms with Gasteiger partial charge in [-0.2, -0.15) is 0 Å². The van der Waals surface area contributed by atoms with E-state index in [1.54, 1.807) is 58.9 Å². The molecule has 1 heterocycles. The molecular weight excluding hydrogens is 476 g/mol. The highest BCUT2D eigenvalue weighted by molar-refractivity contribution is 6.03. The third-order valence-corrected chi connectivity index (χ3v) is 5.92. The van der Waals surface area contributed by atoms with Crippen LogP contribution in [0.15, 0.2) is 30.5 Å². The van der Waals surface area contributed by atoms with Crippen molar-refractivity contribution in [3.63, 3.8) is 0 Å². The first-order chi connectivity index (χ1) is 17.0. The molecule has 204 valence electrons. The number of carboxylic acid groups (broad SMARTS) is 1. The number of nitrogens with two attached hydrogens (primary N) is 2. The summed E-state index contributed by atoms with van der Waals surface area (Å²) in [7, 11) is 0. The van der Waals surface area contributed by atoms with Crippen molar-refractivity contribution in [2.45, 2.75) is 85.0 Å². The monoisotopic (exact) mass is 516 g/mol. The lowest BCUT2D eigenvalue weighted by Gasteiger charge is -2.32. The molecule has 0 fully saturated rings. The van der Waals surface area contributed by atoms with E-state index < -0.39 is 47.6 Å². The second kappa shape index (κ2) is 11.9. The van der Waals surface area contributed by atoms with Gasteiger partial charge in [-0.15, -0.1) is 0 Å². The van der Waals surface area contributed by atoms with Crippen LogP contribution in [0, 0.1) is 11.8 Å². The molecule has 0 aliphatic carbocycles. The zero-order valence-corrected chi connectivity index (χ0v) is 22.7. The Morgan fingerprint density at radius 3 is 2.14 bits per heavy atom. The number of aromatic nitrogens is 1. The second-order valence-corrected chi connectivity index (χ2v) is 11.1. The first-order valence-corrected chi connectivity index (χ1v) is 12.5. The van der Waals surface area contributed by atoms with Crippen molar-refractivity contribution in [2.75, 3.05) is 0 Å². The fraction of sp³-hybridized carbons (Fsp3) is 0.556. The van der Waals surface area contributed by atoms with Crippen molar-refractivity contribution in [3.8, 4) is 0 Å². The fourth-order valence-electron chi connectivity index (χ4n) is 4.02. The maximum Gasteiger partial charge on any atom is 0.419 e. The minimum absolute atomic E-state index is 0.0461. The Morgan fingerprint density at radius 2 is 1.62 bits per heavy atom. The molecule has 0 aliphatic rings. The summed E-state index contributed by atoms with van der Waals surface area (Å²) in [6, 6.07) is 3.19. The SMILES string of the molecule is CC(C)CC(N)C(=O)N(C(=O)C(N)C(C)C)C(Cc1cn(C(=O)OC(C)(C)C)c2ccccc12)C(=O)O. The van der Waals surface area contributed by atoms with Gasteiger partial charge in [-0.1, -0.05) is 45.9 Å². The number of ether oxygens (including phenoxy) is 1. The van der Waals surface area contributed by atoms with E-state index in [0.29, 0.717) is 21.4 Å². The number of benzene rings is 1. The van der Waals surface area contributed by atoms with Gasteiger partial charge in [-0.3, -0.25) is 19.1 Å². The third kappa shape index (κ3) is 7.39. The highest BCUT2D eigenvalue weighted by Gasteiger charge is 2.40. The topological polar surface area (TPSA) is 158 Å². The van der Waals surface area contributed by atoms with Crippen molar-refractivity contribution in [3.05, 3.63) is 36.0 Å². The largest absolute Gasteiger partial charge is 0.480 e. The molecule has 0 radical (unpaired) electrons. The quantitative estimate of drug-likeness (QED) is 0.458. The lowest BCUT2D eigenvalue weighted by atomic mass is 9.97. The van der Waals surface area contributed by atoms with Crippen LogP contribution >= 0.6 is 0 Å². The number of aliphatic carboxylic acids is 1. The Bertz CT molecular complexity index is 1150. The molecule has 1 aromatic carbocycles. The van der Waals surface area contributed by atoms with Crippen molar-refractivity contribution in [2.24, 2.45) is 23.3 Å². The summed E-state index contributed by atoms with van der Waals surface area (Å²) >= 11 is 0. The van der Waals surface area contributed by atoms with Crippen molar-refractivity contribution in [1.82, 2.24) is 9.47 Å². The van der Waals surface area contributed by atoms with Crippen LogP contribution in [0.5, 0.6) is 0 Å². The summed E-state index contributed by atoms with van der Waals surface area (Å²) in [6.07, 6.45) is 0.872. The van der Waals surface area contributed by atoms with Gasteiger partial charge in [0.25, 0.3) is 0 Å². The first-order valence-electron chi connectivity index (χ1n) is 12.5. The Labute approximate surface area is 217 Å².